The van der Waals surface area contributed by atoms with Crippen molar-refractivity contribution in [2.75, 3.05) is 13.1 Å². The Bertz CT molecular complexity index is 897. The van der Waals surface area contributed by atoms with Crippen LogP contribution < -0.4 is 0 Å². The zero-order chi connectivity index (χ0) is 20.2. The minimum atomic E-state index is 0.606. The van der Waals surface area contributed by atoms with Gasteiger partial charge in [0.2, 0.25) is 0 Å². The highest BCUT2D eigenvalue weighted by atomic mass is 15.1. The van der Waals surface area contributed by atoms with E-state index in [2.05, 4.69) is 79.6 Å². The number of nitrogens with zero attached hydrogens (tertiary/aromatic N) is 1. The van der Waals surface area contributed by atoms with Gasteiger partial charge in [0.15, 0.2) is 0 Å². The largest absolute Gasteiger partial charge is 0.299 e. The van der Waals surface area contributed by atoms with Crippen molar-refractivity contribution in [3.05, 3.63) is 89.5 Å². The van der Waals surface area contributed by atoms with Crippen molar-refractivity contribution in [2.24, 2.45) is 11.8 Å². The average Bonchev–Trinajstić information content (AvgIpc) is 3.04. The summed E-state index contributed by atoms with van der Waals surface area (Å²) in [5, 5.41) is 0. The van der Waals surface area contributed by atoms with Crippen LogP contribution in [0.1, 0.15) is 54.0 Å². The highest BCUT2D eigenvalue weighted by molar-refractivity contribution is 5.78. The second-order valence-electron chi connectivity index (χ2n) is 8.71. The normalized spacial score (nSPS) is 20.3. The summed E-state index contributed by atoms with van der Waals surface area (Å²) < 4.78 is 0. The van der Waals surface area contributed by atoms with E-state index < -0.39 is 0 Å². The van der Waals surface area contributed by atoms with E-state index in [-0.39, 0.29) is 0 Å². The maximum atomic E-state index is 4.51. The molecule has 1 fully saturated rings. The Balaban J connectivity index is 1.36. The molecule has 29 heavy (non-hydrogen) atoms. The molecular formula is C28H33N. The van der Waals surface area contributed by atoms with Gasteiger partial charge in [-0.2, -0.15) is 0 Å². The van der Waals surface area contributed by atoms with Crippen LogP contribution >= 0.6 is 0 Å². The number of piperidine rings is 1. The minimum absolute atomic E-state index is 0.606. The molecule has 1 heteroatoms. The summed E-state index contributed by atoms with van der Waals surface area (Å²) in [7, 11) is 0. The van der Waals surface area contributed by atoms with Crippen LogP contribution in [0.3, 0.4) is 0 Å². The smallest absolute Gasteiger partial charge is 0.0233 e. The molecule has 1 aliphatic carbocycles. The Hall–Kier alpha value is -2.38. The third-order valence-corrected chi connectivity index (χ3v) is 6.75. The average molecular weight is 384 g/mol. The van der Waals surface area contributed by atoms with Crippen LogP contribution in [0.2, 0.25) is 0 Å². The molecule has 1 nitrogen and oxygen atoms in total. The van der Waals surface area contributed by atoms with Crippen LogP contribution in [0.4, 0.5) is 0 Å². The van der Waals surface area contributed by atoms with Crippen molar-refractivity contribution >= 4 is 17.7 Å². The lowest BCUT2D eigenvalue weighted by Gasteiger charge is -2.33. The number of hydrogen-bond acceptors (Lipinski definition) is 1. The number of allylic oxidation sites excluding steroid dienone is 2. The Labute approximate surface area is 176 Å². The van der Waals surface area contributed by atoms with Gasteiger partial charge in [0.25, 0.3) is 0 Å². The van der Waals surface area contributed by atoms with Crippen LogP contribution in [-0.2, 0) is 13.0 Å². The quantitative estimate of drug-likeness (QED) is 0.527. The van der Waals surface area contributed by atoms with Gasteiger partial charge in [0.05, 0.1) is 0 Å². The molecule has 1 saturated heterocycles. The highest BCUT2D eigenvalue weighted by Crippen LogP contribution is 2.42. The van der Waals surface area contributed by atoms with E-state index in [0.717, 1.165) is 18.9 Å². The lowest BCUT2D eigenvalue weighted by atomic mass is 9.84. The summed E-state index contributed by atoms with van der Waals surface area (Å²) >= 11 is 0. The second kappa shape index (κ2) is 8.97. The standard InChI is InChI=1S/C28H33N/c1-4-9-25-19-28-21(3)26(18-27(28)17-24(25)5-2)16-22-12-14-29(15-13-22)20-23-10-7-6-8-11-23/h4-11,17,19,22,26H,2-3,12-16,18,20H2,1H3/b9-4+. The van der Waals surface area contributed by atoms with Gasteiger partial charge < -0.3 is 0 Å². The summed E-state index contributed by atoms with van der Waals surface area (Å²) in [4.78, 5) is 2.61. The SMILES string of the molecule is C=Cc1cc2c(cc1/C=C/C)C(=C)C(CC1CCN(Cc3ccccc3)CC1)C2. The van der Waals surface area contributed by atoms with E-state index in [1.54, 1.807) is 0 Å². The fourth-order valence-corrected chi connectivity index (χ4v) is 5.11. The lowest BCUT2D eigenvalue weighted by molar-refractivity contribution is 0.166. The van der Waals surface area contributed by atoms with E-state index in [1.165, 1.54) is 65.7 Å². The van der Waals surface area contributed by atoms with E-state index in [9.17, 15) is 0 Å². The van der Waals surface area contributed by atoms with Gasteiger partial charge in [-0.25, -0.2) is 0 Å². The molecule has 1 aliphatic heterocycles. The Morgan fingerprint density at radius 1 is 1.07 bits per heavy atom. The predicted octanol–water partition coefficient (Wildman–Crippen LogP) is 6.85. The summed E-state index contributed by atoms with van der Waals surface area (Å²) in [5.41, 5.74) is 8.13. The molecule has 0 saturated carbocycles. The van der Waals surface area contributed by atoms with Gasteiger partial charge in [-0.05, 0) is 97.0 Å². The number of rotatable bonds is 6. The molecule has 150 valence electrons. The molecule has 0 radical (unpaired) electrons. The maximum Gasteiger partial charge on any atom is 0.0233 e. The zero-order valence-corrected chi connectivity index (χ0v) is 17.7. The first-order valence-electron chi connectivity index (χ1n) is 11.1. The fraction of sp³-hybridized carbons (Fsp3) is 0.357. The predicted molar refractivity (Wildman–Crippen MR) is 127 cm³/mol. The van der Waals surface area contributed by atoms with Crippen LogP contribution in [-0.4, -0.2) is 18.0 Å². The zero-order valence-electron chi connectivity index (χ0n) is 17.7. The summed E-state index contributed by atoms with van der Waals surface area (Å²) in [6.07, 6.45) is 11.3. The van der Waals surface area contributed by atoms with E-state index in [1.807, 2.05) is 6.08 Å². The van der Waals surface area contributed by atoms with Crippen molar-refractivity contribution in [1.82, 2.24) is 4.90 Å². The van der Waals surface area contributed by atoms with Gasteiger partial charge in [-0.1, -0.05) is 67.8 Å². The van der Waals surface area contributed by atoms with Crippen molar-refractivity contribution in [1.29, 1.82) is 0 Å². The first-order valence-corrected chi connectivity index (χ1v) is 11.1. The number of benzene rings is 2. The van der Waals surface area contributed by atoms with Crippen molar-refractivity contribution in [2.45, 2.75) is 39.2 Å². The van der Waals surface area contributed by atoms with Gasteiger partial charge in [-0.3, -0.25) is 4.90 Å². The second-order valence-corrected chi connectivity index (χ2v) is 8.71. The van der Waals surface area contributed by atoms with Crippen molar-refractivity contribution in [3.8, 4) is 0 Å². The van der Waals surface area contributed by atoms with Crippen molar-refractivity contribution in [3.63, 3.8) is 0 Å². The van der Waals surface area contributed by atoms with Gasteiger partial charge >= 0.3 is 0 Å². The molecule has 0 aromatic heterocycles. The number of likely N-dealkylation sites (tertiary alicyclic amines) is 1. The number of hydrogen-bond donors (Lipinski definition) is 0. The first-order chi connectivity index (χ1) is 14.2. The molecule has 1 atom stereocenters. The lowest BCUT2D eigenvalue weighted by Crippen LogP contribution is -2.33. The molecule has 0 N–H and O–H groups in total. The topological polar surface area (TPSA) is 3.24 Å². The molecule has 0 spiro atoms. The highest BCUT2D eigenvalue weighted by Gasteiger charge is 2.30. The number of fused-ring (bicyclic) bond motifs is 1. The van der Waals surface area contributed by atoms with Crippen molar-refractivity contribution < 1.29 is 0 Å². The Morgan fingerprint density at radius 3 is 2.52 bits per heavy atom. The van der Waals surface area contributed by atoms with E-state index in [0.29, 0.717) is 5.92 Å². The van der Waals surface area contributed by atoms with Crippen LogP contribution in [0.5, 0.6) is 0 Å². The summed E-state index contributed by atoms with van der Waals surface area (Å²) in [6.45, 7) is 14.1. The molecule has 0 amide bonds. The molecule has 2 aromatic rings. The molecule has 0 bridgehead atoms. The minimum Gasteiger partial charge on any atom is -0.299 e. The molecule has 1 heterocycles. The molecule has 2 aromatic carbocycles. The van der Waals surface area contributed by atoms with Crippen LogP contribution in [0.15, 0.2) is 61.7 Å². The van der Waals surface area contributed by atoms with Gasteiger partial charge in [-0.15, -0.1) is 0 Å². The van der Waals surface area contributed by atoms with E-state index >= 15 is 0 Å². The Kier molecular flexibility index (Phi) is 6.16. The molecule has 2 aliphatic rings. The first kappa shape index (κ1) is 19.9. The molecular weight excluding hydrogens is 350 g/mol. The molecule has 1 unspecified atom stereocenters. The summed E-state index contributed by atoms with van der Waals surface area (Å²) in [6, 6.07) is 15.5. The van der Waals surface area contributed by atoms with Gasteiger partial charge in [0, 0.05) is 6.54 Å². The van der Waals surface area contributed by atoms with E-state index in [4.69, 9.17) is 0 Å². The monoisotopic (exact) mass is 383 g/mol. The van der Waals surface area contributed by atoms with Crippen LogP contribution in [0, 0.1) is 11.8 Å². The maximum absolute atomic E-state index is 4.51. The molecule has 4 rings (SSSR count). The third kappa shape index (κ3) is 4.46. The van der Waals surface area contributed by atoms with Gasteiger partial charge in [0.1, 0.15) is 0 Å². The third-order valence-electron chi connectivity index (χ3n) is 6.75. The fourth-order valence-electron chi connectivity index (χ4n) is 5.11. The Morgan fingerprint density at radius 2 is 1.83 bits per heavy atom. The summed E-state index contributed by atoms with van der Waals surface area (Å²) in [5.74, 6) is 1.43. The van der Waals surface area contributed by atoms with Crippen LogP contribution in [0.25, 0.3) is 17.7 Å².